The number of amides is 2. The first kappa shape index (κ1) is 23.2. The molecule has 0 unspecified atom stereocenters. The highest BCUT2D eigenvalue weighted by molar-refractivity contribution is 5.99. The molecule has 2 rings (SSSR count). The Kier molecular flexibility index (Phi) is 8.34. The van der Waals surface area contributed by atoms with Crippen molar-refractivity contribution in [2.45, 2.75) is 13.8 Å². The van der Waals surface area contributed by atoms with E-state index in [4.69, 9.17) is 9.47 Å². The second-order valence-electron chi connectivity index (χ2n) is 6.61. The fraction of sp³-hybridized carbons (Fsp3) is 0.217. The van der Waals surface area contributed by atoms with Gasteiger partial charge in [0.1, 0.15) is 17.4 Å². The minimum Gasteiger partial charge on any atom is -0.497 e. The topological polar surface area (TPSA) is 118 Å². The number of hydrogen-bond acceptors (Lipinski definition) is 6. The van der Waals surface area contributed by atoms with Crippen LogP contribution in [-0.4, -0.2) is 38.0 Å². The smallest absolute Gasteiger partial charge is 0.349 e. The van der Waals surface area contributed by atoms with E-state index < -0.39 is 24.4 Å². The summed E-state index contributed by atoms with van der Waals surface area (Å²) in [5, 5.41) is 14.3. The van der Waals surface area contributed by atoms with Crippen molar-refractivity contribution in [1.82, 2.24) is 5.32 Å². The van der Waals surface area contributed by atoms with E-state index in [1.165, 1.54) is 13.2 Å². The summed E-state index contributed by atoms with van der Waals surface area (Å²) in [6.45, 7) is 2.84. The van der Waals surface area contributed by atoms with Gasteiger partial charge in [-0.2, -0.15) is 5.26 Å². The van der Waals surface area contributed by atoms with Crippen LogP contribution < -0.4 is 15.4 Å². The maximum atomic E-state index is 12.1. The second kappa shape index (κ2) is 11.2. The van der Waals surface area contributed by atoms with Crippen LogP contribution in [0.15, 0.2) is 48.0 Å². The molecule has 160 valence electrons. The van der Waals surface area contributed by atoms with E-state index in [0.29, 0.717) is 17.0 Å². The standard InChI is InChI=1S/C23H23N3O5/c1-15-5-4-6-16(2)22(15)26-20(27)13-25-21(28)14-31-23(29)18(12-24)11-17-7-9-19(30-3)10-8-17/h4-11H,13-14H2,1-3H3,(H,25,28)(H,26,27)/b18-11+. The molecule has 2 amide bonds. The Morgan fingerprint density at radius 2 is 1.68 bits per heavy atom. The average molecular weight is 421 g/mol. The van der Waals surface area contributed by atoms with E-state index in [1.807, 2.05) is 32.0 Å². The van der Waals surface area contributed by atoms with Crippen LogP contribution in [0.3, 0.4) is 0 Å². The molecule has 0 fully saturated rings. The summed E-state index contributed by atoms with van der Waals surface area (Å²) in [5.41, 5.74) is 2.84. The normalized spacial score (nSPS) is 10.6. The van der Waals surface area contributed by atoms with E-state index in [2.05, 4.69) is 10.6 Å². The SMILES string of the molecule is COc1ccc(/C=C(\C#N)C(=O)OCC(=O)NCC(=O)Nc2c(C)cccc2C)cc1. The molecule has 8 nitrogen and oxygen atoms in total. The summed E-state index contributed by atoms with van der Waals surface area (Å²) in [5.74, 6) is -1.37. The zero-order valence-corrected chi connectivity index (χ0v) is 17.5. The number of para-hydroxylation sites is 1. The van der Waals surface area contributed by atoms with Crippen LogP contribution in [0.2, 0.25) is 0 Å². The molecule has 0 saturated carbocycles. The Balaban J connectivity index is 1.84. The number of rotatable bonds is 8. The van der Waals surface area contributed by atoms with E-state index >= 15 is 0 Å². The lowest BCUT2D eigenvalue weighted by molar-refractivity contribution is -0.144. The van der Waals surface area contributed by atoms with Crippen molar-refractivity contribution in [2.75, 3.05) is 25.6 Å². The van der Waals surface area contributed by atoms with Gasteiger partial charge in [-0.15, -0.1) is 0 Å². The molecule has 2 aromatic carbocycles. The maximum absolute atomic E-state index is 12.1. The highest BCUT2D eigenvalue weighted by Gasteiger charge is 2.14. The molecule has 8 heteroatoms. The minimum atomic E-state index is -0.937. The third kappa shape index (κ3) is 7.01. The van der Waals surface area contributed by atoms with Gasteiger partial charge < -0.3 is 20.1 Å². The molecular formula is C23H23N3O5. The van der Waals surface area contributed by atoms with Gasteiger partial charge in [0.05, 0.1) is 13.7 Å². The summed E-state index contributed by atoms with van der Waals surface area (Å²) >= 11 is 0. The Morgan fingerprint density at radius 3 is 2.26 bits per heavy atom. The van der Waals surface area contributed by atoms with Crippen molar-refractivity contribution >= 4 is 29.5 Å². The highest BCUT2D eigenvalue weighted by Crippen LogP contribution is 2.19. The van der Waals surface area contributed by atoms with Crippen molar-refractivity contribution in [1.29, 1.82) is 5.26 Å². The van der Waals surface area contributed by atoms with Crippen LogP contribution in [-0.2, 0) is 19.1 Å². The van der Waals surface area contributed by atoms with Crippen molar-refractivity contribution in [3.05, 3.63) is 64.7 Å². The monoisotopic (exact) mass is 421 g/mol. The Labute approximate surface area is 180 Å². The van der Waals surface area contributed by atoms with Gasteiger partial charge in [-0.25, -0.2) is 4.79 Å². The summed E-state index contributed by atoms with van der Waals surface area (Å²) in [7, 11) is 1.53. The van der Waals surface area contributed by atoms with Crippen molar-refractivity contribution in [3.63, 3.8) is 0 Å². The molecular weight excluding hydrogens is 398 g/mol. The molecule has 0 spiro atoms. The number of nitrogens with zero attached hydrogens (tertiary/aromatic N) is 1. The molecule has 0 aliphatic heterocycles. The van der Waals surface area contributed by atoms with E-state index in [9.17, 15) is 19.6 Å². The first-order valence-corrected chi connectivity index (χ1v) is 9.39. The number of aryl methyl sites for hydroxylation is 2. The summed E-state index contributed by atoms with van der Waals surface area (Å²) in [4.78, 5) is 36.0. The first-order valence-electron chi connectivity index (χ1n) is 9.39. The lowest BCUT2D eigenvalue weighted by Crippen LogP contribution is -2.35. The highest BCUT2D eigenvalue weighted by atomic mass is 16.5. The van der Waals surface area contributed by atoms with Crippen LogP contribution in [0.1, 0.15) is 16.7 Å². The molecule has 2 aromatic rings. The fourth-order valence-corrected chi connectivity index (χ4v) is 2.64. The maximum Gasteiger partial charge on any atom is 0.349 e. The van der Waals surface area contributed by atoms with Crippen molar-refractivity contribution < 1.29 is 23.9 Å². The van der Waals surface area contributed by atoms with Gasteiger partial charge in [-0.3, -0.25) is 9.59 Å². The number of benzene rings is 2. The second-order valence-corrected chi connectivity index (χ2v) is 6.61. The zero-order valence-electron chi connectivity index (χ0n) is 17.5. The number of anilines is 1. The van der Waals surface area contributed by atoms with Crippen molar-refractivity contribution in [2.24, 2.45) is 0 Å². The molecule has 0 radical (unpaired) electrons. The van der Waals surface area contributed by atoms with Gasteiger partial charge in [0, 0.05) is 5.69 Å². The third-order valence-electron chi connectivity index (χ3n) is 4.29. The summed E-state index contributed by atoms with van der Waals surface area (Å²) in [6.07, 6.45) is 1.34. The lowest BCUT2D eigenvalue weighted by Gasteiger charge is -2.12. The predicted molar refractivity (Wildman–Crippen MR) is 115 cm³/mol. The number of esters is 1. The van der Waals surface area contributed by atoms with Gasteiger partial charge in [-0.05, 0) is 48.7 Å². The van der Waals surface area contributed by atoms with Crippen LogP contribution >= 0.6 is 0 Å². The number of nitrogens with one attached hydrogen (secondary N) is 2. The quantitative estimate of drug-likeness (QED) is 0.384. The zero-order chi connectivity index (χ0) is 22.8. The summed E-state index contributed by atoms with van der Waals surface area (Å²) in [6, 6.07) is 14.1. The van der Waals surface area contributed by atoms with E-state index in [0.717, 1.165) is 11.1 Å². The van der Waals surface area contributed by atoms with Crippen LogP contribution in [0, 0.1) is 25.2 Å². The van der Waals surface area contributed by atoms with Gasteiger partial charge in [0.2, 0.25) is 5.91 Å². The number of hydrogen-bond donors (Lipinski definition) is 2. The number of carbonyl (C=O) groups is 3. The van der Waals surface area contributed by atoms with Crippen LogP contribution in [0.5, 0.6) is 5.75 Å². The molecule has 0 aromatic heterocycles. The largest absolute Gasteiger partial charge is 0.497 e. The number of methoxy groups -OCH3 is 1. The number of nitriles is 1. The number of ether oxygens (including phenoxy) is 2. The van der Waals surface area contributed by atoms with Gasteiger partial charge in [0.15, 0.2) is 6.61 Å². The summed E-state index contributed by atoms with van der Waals surface area (Å²) < 4.78 is 9.91. The average Bonchev–Trinajstić information content (AvgIpc) is 2.77. The Bertz CT molecular complexity index is 1020. The lowest BCUT2D eigenvalue weighted by atomic mass is 10.1. The van der Waals surface area contributed by atoms with E-state index in [1.54, 1.807) is 30.3 Å². The van der Waals surface area contributed by atoms with Crippen LogP contribution in [0.25, 0.3) is 6.08 Å². The third-order valence-corrected chi connectivity index (χ3v) is 4.29. The van der Waals surface area contributed by atoms with Crippen LogP contribution in [0.4, 0.5) is 5.69 Å². The molecule has 0 saturated heterocycles. The van der Waals surface area contributed by atoms with E-state index in [-0.39, 0.29) is 12.1 Å². The first-order chi connectivity index (χ1) is 14.8. The predicted octanol–water partition coefficient (Wildman–Crippen LogP) is 2.52. The molecule has 0 heterocycles. The van der Waals surface area contributed by atoms with Gasteiger partial charge in [0.25, 0.3) is 5.91 Å². The van der Waals surface area contributed by atoms with Gasteiger partial charge >= 0.3 is 5.97 Å². The number of carbonyl (C=O) groups excluding carboxylic acids is 3. The molecule has 0 bridgehead atoms. The van der Waals surface area contributed by atoms with Crippen molar-refractivity contribution in [3.8, 4) is 11.8 Å². The Morgan fingerprint density at radius 1 is 1.03 bits per heavy atom. The molecule has 0 aliphatic rings. The molecule has 31 heavy (non-hydrogen) atoms. The van der Waals surface area contributed by atoms with Gasteiger partial charge in [-0.1, -0.05) is 30.3 Å². The molecule has 0 atom stereocenters. The minimum absolute atomic E-state index is 0.259. The molecule has 0 aliphatic carbocycles. The molecule has 2 N–H and O–H groups in total. The Hall–Kier alpha value is -4.12. The fourth-order valence-electron chi connectivity index (χ4n) is 2.64.